The minimum atomic E-state index is -1.16. The van der Waals surface area contributed by atoms with Crippen molar-refractivity contribution in [3.63, 3.8) is 0 Å². The van der Waals surface area contributed by atoms with Crippen molar-refractivity contribution in [2.45, 2.75) is 104 Å². The Kier molecular flexibility index (Phi) is 13.5. The van der Waals surface area contributed by atoms with Crippen LogP contribution in [0.5, 0.6) is 0 Å². The third-order valence-corrected chi connectivity index (χ3v) is 6.54. The molecule has 0 heterocycles. The summed E-state index contributed by atoms with van der Waals surface area (Å²) in [6, 6.07) is 0. The standard InChI is InChI=1S/C26H44O6/c1-5-8-9-12-22(27)16-14-21-15-17-23(28)26(21,25(30)32-7-3)19-18-20(4)11-10-13-24(29)31-6-2/h14,16,20-22,27H,5-13,15,17-19H2,1-4H3/t20?,21-,22?,26+/m0/s1. The highest BCUT2D eigenvalue weighted by Crippen LogP contribution is 2.47. The van der Waals surface area contributed by atoms with Gasteiger partial charge in [-0.3, -0.25) is 14.4 Å². The average Bonchev–Trinajstić information content (AvgIpc) is 3.07. The Hall–Kier alpha value is -1.69. The Morgan fingerprint density at radius 3 is 2.47 bits per heavy atom. The second kappa shape index (κ2) is 15.2. The summed E-state index contributed by atoms with van der Waals surface area (Å²) in [6.45, 7) is 8.39. The SMILES string of the molecule is CCCCCC(O)C=C[C@H]1CCC(=O)[C@]1(CCC(C)CCCC(=O)OCC)C(=O)OCC. The summed E-state index contributed by atoms with van der Waals surface area (Å²) < 4.78 is 10.3. The van der Waals surface area contributed by atoms with Gasteiger partial charge in [0, 0.05) is 18.8 Å². The van der Waals surface area contributed by atoms with Gasteiger partial charge in [-0.15, -0.1) is 0 Å². The molecule has 0 aromatic heterocycles. The maximum Gasteiger partial charge on any atom is 0.320 e. The van der Waals surface area contributed by atoms with Crippen molar-refractivity contribution in [1.82, 2.24) is 0 Å². The maximum atomic E-state index is 13.0. The van der Waals surface area contributed by atoms with E-state index in [4.69, 9.17) is 9.47 Å². The summed E-state index contributed by atoms with van der Waals surface area (Å²) >= 11 is 0. The predicted molar refractivity (Wildman–Crippen MR) is 125 cm³/mol. The van der Waals surface area contributed by atoms with Gasteiger partial charge < -0.3 is 14.6 Å². The minimum Gasteiger partial charge on any atom is -0.466 e. The first-order chi connectivity index (χ1) is 15.3. The summed E-state index contributed by atoms with van der Waals surface area (Å²) in [4.78, 5) is 37.6. The van der Waals surface area contributed by atoms with E-state index in [1.54, 1.807) is 19.9 Å². The number of hydrogen-bond donors (Lipinski definition) is 1. The number of aliphatic hydroxyl groups excluding tert-OH is 1. The first-order valence-corrected chi connectivity index (χ1v) is 12.5. The Bertz CT molecular complexity index is 613. The summed E-state index contributed by atoms with van der Waals surface area (Å²) in [6.07, 6.45) is 11.0. The molecule has 1 aliphatic rings. The van der Waals surface area contributed by atoms with Gasteiger partial charge >= 0.3 is 11.9 Å². The molecule has 184 valence electrons. The smallest absolute Gasteiger partial charge is 0.320 e. The molecule has 32 heavy (non-hydrogen) atoms. The number of rotatable bonds is 16. The summed E-state index contributed by atoms with van der Waals surface area (Å²) in [5.41, 5.74) is -1.16. The lowest BCUT2D eigenvalue weighted by atomic mass is 9.71. The number of hydrogen-bond acceptors (Lipinski definition) is 6. The lowest BCUT2D eigenvalue weighted by Gasteiger charge is -2.31. The van der Waals surface area contributed by atoms with Gasteiger partial charge in [0.05, 0.1) is 19.3 Å². The molecule has 0 spiro atoms. The molecule has 1 aliphatic carbocycles. The van der Waals surface area contributed by atoms with Crippen molar-refractivity contribution in [2.24, 2.45) is 17.3 Å². The van der Waals surface area contributed by atoms with Crippen LogP contribution < -0.4 is 0 Å². The molecular formula is C26H44O6. The van der Waals surface area contributed by atoms with Crippen LogP contribution in [-0.2, 0) is 23.9 Å². The van der Waals surface area contributed by atoms with Gasteiger partial charge in [-0.05, 0) is 51.9 Å². The molecule has 0 aromatic carbocycles. The first-order valence-electron chi connectivity index (χ1n) is 12.5. The van der Waals surface area contributed by atoms with Crippen molar-refractivity contribution in [3.8, 4) is 0 Å². The van der Waals surface area contributed by atoms with E-state index in [2.05, 4.69) is 13.8 Å². The quantitative estimate of drug-likeness (QED) is 0.150. The molecule has 0 amide bonds. The molecule has 0 radical (unpaired) electrons. The van der Waals surface area contributed by atoms with E-state index in [1.165, 1.54) is 0 Å². The van der Waals surface area contributed by atoms with Gasteiger partial charge in [-0.25, -0.2) is 0 Å². The molecule has 0 aromatic rings. The topological polar surface area (TPSA) is 89.9 Å². The van der Waals surface area contributed by atoms with Crippen molar-refractivity contribution in [3.05, 3.63) is 12.2 Å². The molecule has 1 N–H and O–H groups in total. The monoisotopic (exact) mass is 452 g/mol. The number of unbranched alkanes of at least 4 members (excludes halogenated alkanes) is 2. The fraction of sp³-hybridized carbons (Fsp3) is 0.808. The first kappa shape index (κ1) is 28.3. The molecule has 1 rings (SSSR count). The van der Waals surface area contributed by atoms with Crippen molar-refractivity contribution >= 4 is 17.7 Å². The van der Waals surface area contributed by atoms with E-state index >= 15 is 0 Å². The molecule has 1 fully saturated rings. The van der Waals surface area contributed by atoms with E-state index < -0.39 is 17.5 Å². The van der Waals surface area contributed by atoms with Crippen LogP contribution in [0.1, 0.15) is 98.3 Å². The number of allylic oxidation sites excluding steroid dienone is 1. The van der Waals surface area contributed by atoms with Gasteiger partial charge in [0.25, 0.3) is 0 Å². The van der Waals surface area contributed by atoms with Crippen LogP contribution in [0.4, 0.5) is 0 Å². The van der Waals surface area contributed by atoms with Crippen LogP contribution in [0.3, 0.4) is 0 Å². The van der Waals surface area contributed by atoms with Crippen LogP contribution in [-0.4, -0.2) is 42.1 Å². The number of ether oxygens (including phenoxy) is 2. The van der Waals surface area contributed by atoms with Crippen LogP contribution in [0, 0.1) is 17.3 Å². The normalized spacial score (nSPS) is 22.8. The minimum absolute atomic E-state index is 0.0511. The fourth-order valence-corrected chi connectivity index (χ4v) is 4.58. The number of ketones is 1. The van der Waals surface area contributed by atoms with Crippen LogP contribution in [0.2, 0.25) is 0 Å². The highest BCUT2D eigenvalue weighted by atomic mass is 16.5. The Morgan fingerprint density at radius 2 is 1.81 bits per heavy atom. The molecule has 6 nitrogen and oxygen atoms in total. The second-order valence-corrected chi connectivity index (χ2v) is 9.05. The number of carbonyl (C=O) groups is 3. The molecule has 0 aliphatic heterocycles. The van der Waals surface area contributed by atoms with Crippen molar-refractivity contribution in [2.75, 3.05) is 13.2 Å². The highest BCUT2D eigenvalue weighted by molar-refractivity contribution is 6.06. The third kappa shape index (κ3) is 8.68. The Labute approximate surface area is 194 Å². The van der Waals surface area contributed by atoms with E-state index in [0.717, 1.165) is 32.1 Å². The number of aliphatic hydroxyl groups is 1. The van der Waals surface area contributed by atoms with Crippen molar-refractivity contribution < 1.29 is 29.0 Å². The molecule has 0 saturated heterocycles. The molecular weight excluding hydrogens is 408 g/mol. The zero-order valence-corrected chi connectivity index (χ0v) is 20.6. The summed E-state index contributed by atoms with van der Waals surface area (Å²) in [5.74, 6) is -0.646. The number of esters is 2. The van der Waals surface area contributed by atoms with Gasteiger partial charge in [0.15, 0.2) is 5.78 Å². The predicted octanol–water partition coefficient (Wildman–Crippen LogP) is 5.16. The van der Waals surface area contributed by atoms with E-state index in [9.17, 15) is 19.5 Å². The van der Waals surface area contributed by atoms with E-state index in [0.29, 0.717) is 45.1 Å². The van der Waals surface area contributed by atoms with E-state index in [-0.39, 0.29) is 30.2 Å². The molecule has 4 atom stereocenters. The Morgan fingerprint density at radius 1 is 1.09 bits per heavy atom. The van der Waals surface area contributed by atoms with E-state index in [1.807, 2.05) is 6.08 Å². The van der Waals surface area contributed by atoms with Gasteiger partial charge in [0.2, 0.25) is 0 Å². The van der Waals surface area contributed by atoms with Gasteiger partial charge in [0.1, 0.15) is 5.41 Å². The van der Waals surface area contributed by atoms with Gasteiger partial charge in [-0.2, -0.15) is 0 Å². The zero-order chi connectivity index (χ0) is 24.0. The highest BCUT2D eigenvalue weighted by Gasteiger charge is 2.55. The lowest BCUT2D eigenvalue weighted by molar-refractivity contribution is -0.161. The molecule has 0 bridgehead atoms. The van der Waals surface area contributed by atoms with Crippen LogP contribution in [0.25, 0.3) is 0 Å². The summed E-state index contributed by atoms with van der Waals surface area (Å²) in [5, 5.41) is 10.3. The van der Waals surface area contributed by atoms with Gasteiger partial charge in [-0.1, -0.05) is 51.7 Å². The zero-order valence-electron chi connectivity index (χ0n) is 20.6. The maximum absolute atomic E-state index is 13.0. The molecule has 2 unspecified atom stereocenters. The fourth-order valence-electron chi connectivity index (χ4n) is 4.58. The Balaban J connectivity index is 2.82. The average molecular weight is 453 g/mol. The second-order valence-electron chi connectivity index (χ2n) is 9.05. The lowest BCUT2D eigenvalue weighted by Crippen LogP contribution is -2.42. The largest absolute Gasteiger partial charge is 0.466 e. The van der Waals surface area contributed by atoms with Crippen LogP contribution in [0.15, 0.2) is 12.2 Å². The molecule has 1 saturated carbocycles. The van der Waals surface area contributed by atoms with Crippen molar-refractivity contribution in [1.29, 1.82) is 0 Å². The third-order valence-electron chi connectivity index (χ3n) is 6.54. The summed E-state index contributed by atoms with van der Waals surface area (Å²) in [7, 11) is 0. The van der Waals surface area contributed by atoms with Crippen LogP contribution >= 0.6 is 0 Å². The molecule has 6 heteroatoms. The number of carbonyl (C=O) groups excluding carboxylic acids is 3. The number of Topliss-reactive ketones (excluding diaryl/α,β-unsaturated/α-hetero) is 1.